The Morgan fingerprint density at radius 1 is 1.37 bits per heavy atom. The Morgan fingerprint density at radius 3 is 2.74 bits per heavy atom. The minimum Gasteiger partial charge on any atom is -0.384 e. The van der Waals surface area contributed by atoms with E-state index in [1.54, 1.807) is 7.11 Å². The zero-order valence-electron chi connectivity index (χ0n) is 17.2. The topological polar surface area (TPSA) is 67.3 Å². The van der Waals surface area contributed by atoms with Gasteiger partial charge in [-0.25, -0.2) is 4.98 Å². The van der Waals surface area contributed by atoms with Crippen LogP contribution in [0.2, 0.25) is 0 Å². The Hall–Kier alpha value is -1.21. The first-order valence-electron chi connectivity index (χ1n) is 10.2. The number of hydrogen-bond acceptors (Lipinski definition) is 6. The Balaban J connectivity index is 1.44. The maximum absolute atomic E-state index is 12.6. The highest BCUT2D eigenvalue weighted by Crippen LogP contribution is 2.41. The quantitative estimate of drug-likeness (QED) is 0.769. The fourth-order valence-corrected chi connectivity index (χ4v) is 5.14. The Morgan fingerprint density at radius 2 is 2.11 bits per heavy atom. The van der Waals surface area contributed by atoms with E-state index in [1.807, 2.05) is 0 Å². The van der Waals surface area contributed by atoms with Crippen molar-refractivity contribution in [1.82, 2.24) is 14.7 Å². The lowest BCUT2D eigenvalue weighted by molar-refractivity contribution is -0.126. The van der Waals surface area contributed by atoms with E-state index < -0.39 is 0 Å². The molecule has 7 heteroatoms. The second-order valence-electron chi connectivity index (χ2n) is 8.96. The summed E-state index contributed by atoms with van der Waals surface area (Å²) in [6, 6.07) is 0.245. The third-order valence-electron chi connectivity index (χ3n) is 6.21. The molecule has 1 saturated carbocycles. The third kappa shape index (κ3) is 5.41. The van der Waals surface area contributed by atoms with Crippen molar-refractivity contribution in [3.63, 3.8) is 0 Å². The van der Waals surface area contributed by atoms with E-state index in [0.29, 0.717) is 17.9 Å². The first-order chi connectivity index (χ1) is 12.9. The van der Waals surface area contributed by atoms with Gasteiger partial charge in [-0.05, 0) is 50.4 Å². The lowest BCUT2D eigenvalue weighted by atomic mass is 9.89. The molecule has 6 nitrogen and oxygen atoms in total. The number of amides is 1. The van der Waals surface area contributed by atoms with Crippen molar-refractivity contribution in [3.8, 4) is 0 Å². The number of hydrogen-bond donors (Lipinski definition) is 1. The van der Waals surface area contributed by atoms with Crippen LogP contribution in [0.4, 0.5) is 5.13 Å². The number of carbonyl (C=O) groups excluding carboxylic acids is 1. The van der Waals surface area contributed by atoms with Crippen molar-refractivity contribution in [2.75, 3.05) is 31.7 Å². The van der Waals surface area contributed by atoms with Crippen LogP contribution in [0.1, 0.15) is 58.7 Å². The molecule has 3 rings (SSSR count). The van der Waals surface area contributed by atoms with Crippen LogP contribution in [-0.4, -0.2) is 48.1 Å². The van der Waals surface area contributed by atoms with Crippen molar-refractivity contribution in [1.29, 1.82) is 0 Å². The molecule has 0 bridgehead atoms. The number of aromatic nitrogens is 2. The molecular weight excluding hydrogens is 360 g/mol. The molecule has 0 spiro atoms. The van der Waals surface area contributed by atoms with E-state index in [0.717, 1.165) is 62.6 Å². The Labute approximate surface area is 167 Å². The summed E-state index contributed by atoms with van der Waals surface area (Å²) in [6.45, 7) is 9.35. The zero-order chi connectivity index (χ0) is 19.4. The molecule has 1 aliphatic carbocycles. The molecule has 2 heterocycles. The van der Waals surface area contributed by atoms with Gasteiger partial charge in [-0.2, -0.15) is 4.37 Å². The fourth-order valence-electron chi connectivity index (χ4n) is 4.38. The van der Waals surface area contributed by atoms with Crippen LogP contribution in [0.25, 0.3) is 0 Å². The summed E-state index contributed by atoms with van der Waals surface area (Å²) >= 11 is 1.48. The smallest absolute Gasteiger partial charge is 0.223 e. The van der Waals surface area contributed by atoms with Crippen molar-refractivity contribution in [3.05, 3.63) is 5.82 Å². The normalized spacial score (nSPS) is 24.1. The number of piperidine rings is 1. The van der Waals surface area contributed by atoms with E-state index in [4.69, 9.17) is 4.74 Å². The van der Waals surface area contributed by atoms with E-state index in [9.17, 15) is 4.79 Å². The van der Waals surface area contributed by atoms with Crippen molar-refractivity contribution in [2.45, 2.75) is 65.3 Å². The Bertz CT molecular complexity index is 625. The van der Waals surface area contributed by atoms with E-state index >= 15 is 0 Å². The number of rotatable bonds is 7. The first kappa shape index (κ1) is 20.5. The minimum absolute atomic E-state index is 0.203. The van der Waals surface area contributed by atoms with Crippen LogP contribution in [0, 0.1) is 17.3 Å². The third-order valence-corrected chi connectivity index (χ3v) is 7.03. The van der Waals surface area contributed by atoms with E-state index in [2.05, 4.69) is 40.3 Å². The van der Waals surface area contributed by atoms with Gasteiger partial charge in [-0.15, -0.1) is 0 Å². The molecule has 2 aliphatic rings. The van der Waals surface area contributed by atoms with Crippen LogP contribution in [0.5, 0.6) is 0 Å². The van der Waals surface area contributed by atoms with Gasteiger partial charge in [0.1, 0.15) is 5.82 Å². The predicted octanol–water partition coefficient (Wildman–Crippen LogP) is 3.27. The molecule has 1 unspecified atom stereocenters. The van der Waals surface area contributed by atoms with Crippen LogP contribution in [0.15, 0.2) is 0 Å². The predicted molar refractivity (Wildman–Crippen MR) is 109 cm³/mol. The SMILES string of the molecule is COCCc1nsc(N2CCC([C@@H](C)NC(=O)C3CCC(C)(C)C3)CC2)n1. The number of methoxy groups -OCH3 is 1. The molecule has 1 aromatic rings. The molecular formula is C20H34N4O2S. The average Bonchev–Trinajstić information content (AvgIpc) is 3.26. The maximum Gasteiger partial charge on any atom is 0.223 e. The largest absolute Gasteiger partial charge is 0.384 e. The Kier molecular flexibility index (Phi) is 6.74. The summed E-state index contributed by atoms with van der Waals surface area (Å²) < 4.78 is 9.53. The van der Waals surface area contributed by atoms with E-state index in [-0.39, 0.29) is 17.9 Å². The first-order valence-corrected chi connectivity index (χ1v) is 11.0. The summed E-state index contributed by atoms with van der Waals surface area (Å²) in [7, 11) is 1.70. The molecule has 2 atom stereocenters. The molecule has 0 radical (unpaired) electrons. The standard InChI is InChI=1S/C20H34N4O2S/c1-14(21-18(25)16-5-9-20(2,3)13-16)15-6-10-24(11-7-15)19-22-17(23-27-19)8-12-26-4/h14-16H,5-13H2,1-4H3,(H,21,25)/t14-,16?/m1/s1. The summed E-state index contributed by atoms with van der Waals surface area (Å²) in [5, 5.41) is 4.33. The summed E-state index contributed by atoms with van der Waals surface area (Å²) in [6.07, 6.45) is 6.16. The number of carbonyl (C=O) groups is 1. The van der Waals surface area contributed by atoms with Gasteiger partial charge in [0.25, 0.3) is 0 Å². The molecule has 1 N–H and O–H groups in total. The van der Waals surface area contributed by atoms with Crippen LogP contribution >= 0.6 is 11.5 Å². The highest BCUT2D eigenvalue weighted by atomic mass is 32.1. The maximum atomic E-state index is 12.6. The lowest BCUT2D eigenvalue weighted by Crippen LogP contribution is -2.45. The van der Waals surface area contributed by atoms with Crippen LogP contribution in [-0.2, 0) is 16.0 Å². The summed E-state index contributed by atoms with van der Waals surface area (Å²) in [5.74, 6) is 1.89. The molecule has 152 valence electrons. The van der Waals surface area contributed by atoms with Crippen molar-refractivity contribution < 1.29 is 9.53 Å². The molecule has 27 heavy (non-hydrogen) atoms. The fraction of sp³-hybridized carbons (Fsp3) is 0.850. The van der Waals surface area contributed by atoms with Gasteiger partial charge in [0.2, 0.25) is 11.0 Å². The molecule has 2 fully saturated rings. The molecule has 1 saturated heterocycles. The van der Waals surface area contributed by atoms with Gasteiger partial charge >= 0.3 is 0 Å². The van der Waals surface area contributed by atoms with Gasteiger partial charge in [-0.3, -0.25) is 4.79 Å². The van der Waals surface area contributed by atoms with E-state index in [1.165, 1.54) is 11.5 Å². The molecule has 1 amide bonds. The van der Waals surface area contributed by atoms with Gasteiger partial charge in [0.05, 0.1) is 6.61 Å². The van der Waals surface area contributed by atoms with Crippen LogP contribution < -0.4 is 10.2 Å². The van der Waals surface area contributed by atoms with Gasteiger partial charge in [0.15, 0.2) is 0 Å². The molecule has 1 aliphatic heterocycles. The van der Waals surface area contributed by atoms with Gasteiger partial charge in [0, 0.05) is 50.1 Å². The van der Waals surface area contributed by atoms with Crippen LogP contribution in [0.3, 0.4) is 0 Å². The lowest BCUT2D eigenvalue weighted by Gasteiger charge is -2.35. The molecule has 0 aromatic carbocycles. The highest BCUT2D eigenvalue weighted by molar-refractivity contribution is 7.09. The summed E-state index contributed by atoms with van der Waals surface area (Å²) in [5.41, 5.74) is 0.320. The van der Waals surface area contributed by atoms with Crippen molar-refractivity contribution in [2.24, 2.45) is 17.3 Å². The monoisotopic (exact) mass is 394 g/mol. The minimum atomic E-state index is 0.203. The van der Waals surface area contributed by atoms with Gasteiger partial charge in [-0.1, -0.05) is 13.8 Å². The molecule has 1 aromatic heterocycles. The second-order valence-corrected chi connectivity index (χ2v) is 9.69. The zero-order valence-corrected chi connectivity index (χ0v) is 18.0. The number of nitrogens with zero attached hydrogens (tertiary/aromatic N) is 3. The summed E-state index contributed by atoms with van der Waals surface area (Å²) in [4.78, 5) is 19.6. The van der Waals surface area contributed by atoms with Crippen molar-refractivity contribution >= 4 is 22.6 Å². The van der Waals surface area contributed by atoms with Gasteiger partial charge < -0.3 is 15.0 Å². The number of anilines is 1. The number of ether oxygens (including phenoxy) is 1. The highest BCUT2D eigenvalue weighted by Gasteiger charge is 2.36. The average molecular weight is 395 g/mol. The second kappa shape index (κ2) is 8.86. The number of nitrogens with one attached hydrogen (secondary N) is 1.